The standard InChI is InChI=1S/C21H28N4O3/c1-27-17-10-8-15(14-18(17)28-2)9-13-21(26)23-20-12-11-19(24-25-20)22-16-6-4-3-5-7-16/h8,10-12,14,16H,3-7,9,13H2,1-2H3,(H,22,24)(H,23,25,26). The summed E-state index contributed by atoms with van der Waals surface area (Å²) >= 11 is 0. The molecule has 150 valence electrons. The lowest BCUT2D eigenvalue weighted by atomic mass is 9.95. The molecule has 1 aromatic heterocycles. The molecule has 1 amide bonds. The van der Waals surface area contributed by atoms with Crippen molar-refractivity contribution in [1.82, 2.24) is 10.2 Å². The maximum atomic E-state index is 12.2. The first-order valence-electron chi connectivity index (χ1n) is 9.79. The number of hydrogen-bond acceptors (Lipinski definition) is 6. The number of benzene rings is 1. The number of nitrogens with zero attached hydrogens (tertiary/aromatic N) is 2. The summed E-state index contributed by atoms with van der Waals surface area (Å²) in [6, 6.07) is 9.79. The smallest absolute Gasteiger partial charge is 0.225 e. The average Bonchev–Trinajstić information content (AvgIpc) is 2.74. The van der Waals surface area contributed by atoms with E-state index >= 15 is 0 Å². The molecule has 1 heterocycles. The average molecular weight is 384 g/mol. The Balaban J connectivity index is 1.48. The van der Waals surface area contributed by atoms with Crippen molar-refractivity contribution in [3.8, 4) is 11.5 Å². The van der Waals surface area contributed by atoms with Gasteiger partial charge in [0.25, 0.3) is 0 Å². The first kappa shape index (κ1) is 19.9. The predicted octanol–water partition coefficient (Wildman–Crippen LogP) is 3.81. The number of aryl methyl sites for hydroxylation is 1. The van der Waals surface area contributed by atoms with Crippen LogP contribution in [0.2, 0.25) is 0 Å². The fourth-order valence-corrected chi connectivity index (χ4v) is 3.43. The van der Waals surface area contributed by atoms with Crippen LogP contribution in [0.4, 0.5) is 11.6 Å². The minimum absolute atomic E-state index is 0.0999. The summed E-state index contributed by atoms with van der Waals surface area (Å²) in [5.74, 6) is 2.46. The summed E-state index contributed by atoms with van der Waals surface area (Å²) in [7, 11) is 3.20. The molecule has 7 nitrogen and oxygen atoms in total. The maximum Gasteiger partial charge on any atom is 0.225 e. The van der Waals surface area contributed by atoms with E-state index in [2.05, 4.69) is 20.8 Å². The van der Waals surface area contributed by atoms with Gasteiger partial charge in [0.2, 0.25) is 5.91 Å². The van der Waals surface area contributed by atoms with Crippen LogP contribution in [-0.2, 0) is 11.2 Å². The number of carbonyl (C=O) groups is 1. The van der Waals surface area contributed by atoms with Gasteiger partial charge in [-0.25, -0.2) is 0 Å². The predicted molar refractivity (Wildman–Crippen MR) is 109 cm³/mol. The van der Waals surface area contributed by atoms with Gasteiger partial charge >= 0.3 is 0 Å². The molecule has 1 saturated carbocycles. The molecule has 2 N–H and O–H groups in total. The summed E-state index contributed by atoms with van der Waals surface area (Å²) in [4.78, 5) is 12.2. The lowest BCUT2D eigenvalue weighted by Crippen LogP contribution is -2.23. The minimum Gasteiger partial charge on any atom is -0.493 e. The molecular formula is C21H28N4O3. The van der Waals surface area contributed by atoms with Gasteiger partial charge in [0.05, 0.1) is 14.2 Å². The number of carbonyl (C=O) groups excluding carboxylic acids is 1. The molecule has 1 fully saturated rings. The first-order chi connectivity index (χ1) is 13.7. The zero-order valence-electron chi connectivity index (χ0n) is 16.5. The molecule has 0 saturated heterocycles. The normalized spacial score (nSPS) is 14.4. The van der Waals surface area contributed by atoms with Crippen molar-refractivity contribution in [3.63, 3.8) is 0 Å². The Morgan fingerprint density at radius 3 is 2.39 bits per heavy atom. The molecule has 0 bridgehead atoms. The molecule has 1 aliphatic carbocycles. The third-order valence-corrected chi connectivity index (χ3v) is 4.98. The Kier molecular flexibility index (Phi) is 7.06. The van der Waals surface area contributed by atoms with E-state index in [0.29, 0.717) is 36.2 Å². The minimum atomic E-state index is -0.0999. The molecule has 0 atom stereocenters. The van der Waals surface area contributed by atoms with Gasteiger partial charge in [-0.3, -0.25) is 4.79 Å². The van der Waals surface area contributed by atoms with Crippen LogP contribution >= 0.6 is 0 Å². The van der Waals surface area contributed by atoms with Crippen LogP contribution in [0, 0.1) is 0 Å². The van der Waals surface area contributed by atoms with E-state index < -0.39 is 0 Å². The first-order valence-corrected chi connectivity index (χ1v) is 9.79. The number of ether oxygens (including phenoxy) is 2. The van der Waals surface area contributed by atoms with Crippen LogP contribution in [0.1, 0.15) is 44.1 Å². The topological polar surface area (TPSA) is 85.4 Å². The van der Waals surface area contributed by atoms with Gasteiger partial charge < -0.3 is 20.1 Å². The lowest BCUT2D eigenvalue weighted by molar-refractivity contribution is -0.116. The summed E-state index contributed by atoms with van der Waals surface area (Å²) in [5.41, 5.74) is 1.01. The fourth-order valence-electron chi connectivity index (χ4n) is 3.43. The van der Waals surface area contributed by atoms with Crippen LogP contribution in [0.3, 0.4) is 0 Å². The van der Waals surface area contributed by atoms with E-state index in [1.54, 1.807) is 20.3 Å². The molecule has 0 unspecified atom stereocenters. The molecule has 0 aliphatic heterocycles. The second-order valence-corrected chi connectivity index (χ2v) is 7.02. The lowest BCUT2D eigenvalue weighted by Gasteiger charge is -2.22. The van der Waals surface area contributed by atoms with Crippen molar-refractivity contribution in [2.24, 2.45) is 0 Å². The molecule has 0 radical (unpaired) electrons. The number of amides is 1. The largest absolute Gasteiger partial charge is 0.493 e. The van der Waals surface area contributed by atoms with Crippen LogP contribution < -0.4 is 20.1 Å². The molecule has 1 aliphatic rings. The summed E-state index contributed by atoms with van der Waals surface area (Å²) in [5, 5.41) is 14.5. The van der Waals surface area contributed by atoms with Crippen molar-refractivity contribution in [2.75, 3.05) is 24.9 Å². The number of hydrogen-bond donors (Lipinski definition) is 2. The summed E-state index contributed by atoms with van der Waals surface area (Å²) < 4.78 is 10.5. The fraction of sp³-hybridized carbons (Fsp3) is 0.476. The monoisotopic (exact) mass is 384 g/mol. The molecule has 0 spiro atoms. The highest BCUT2D eigenvalue weighted by Gasteiger charge is 2.14. The highest BCUT2D eigenvalue weighted by Crippen LogP contribution is 2.28. The van der Waals surface area contributed by atoms with Gasteiger partial charge in [-0.2, -0.15) is 0 Å². The van der Waals surface area contributed by atoms with Gasteiger partial charge in [-0.1, -0.05) is 25.3 Å². The van der Waals surface area contributed by atoms with Gasteiger partial charge in [0.1, 0.15) is 5.82 Å². The van der Waals surface area contributed by atoms with Crippen molar-refractivity contribution < 1.29 is 14.3 Å². The van der Waals surface area contributed by atoms with Crippen molar-refractivity contribution in [3.05, 3.63) is 35.9 Å². The number of methoxy groups -OCH3 is 2. The van der Waals surface area contributed by atoms with Gasteiger partial charge in [-0.15, -0.1) is 10.2 Å². The van der Waals surface area contributed by atoms with Crippen LogP contribution in [0.5, 0.6) is 11.5 Å². The number of anilines is 2. The number of rotatable bonds is 8. The Bertz CT molecular complexity index is 774. The highest BCUT2D eigenvalue weighted by molar-refractivity contribution is 5.89. The van der Waals surface area contributed by atoms with E-state index in [1.165, 1.54) is 32.1 Å². The van der Waals surface area contributed by atoms with Crippen molar-refractivity contribution in [2.45, 2.75) is 51.0 Å². The second-order valence-electron chi connectivity index (χ2n) is 7.02. The van der Waals surface area contributed by atoms with Crippen molar-refractivity contribution in [1.29, 1.82) is 0 Å². The van der Waals surface area contributed by atoms with Crippen LogP contribution in [-0.4, -0.2) is 36.4 Å². The second kappa shape index (κ2) is 9.92. The molecular weight excluding hydrogens is 356 g/mol. The van der Waals surface area contributed by atoms with E-state index in [0.717, 1.165) is 11.4 Å². The van der Waals surface area contributed by atoms with Gasteiger partial charge in [-0.05, 0) is 49.1 Å². The zero-order valence-corrected chi connectivity index (χ0v) is 16.5. The molecule has 7 heteroatoms. The Labute approximate surface area is 165 Å². The third-order valence-electron chi connectivity index (χ3n) is 4.98. The number of nitrogens with one attached hydrogen (secondary N) is 2. The SMILES string of the molecule is COc1ccc(CCC(=O)Nc2ccc(NC3CCCCC3)nn2)cc1OC. The van der Waals surface area contributed by atoms with Gasteiger partial charge in [0, 0.05) is 12.5 Å². The Hall–Kier alpha value is -2.83. The van der Waals surface area contributed by atoms with Crippen LogP contribution in [0.25, 0.3) is 0 Å². The van der Waals surface area contributed by atoms with Gasteiger partial charge in [0.15, 0.2) is 17.3 Å². The van der Waals surface area contributed by atoms with Crippen LogP contribution in [0.15, 0.2) is 30.3 Å². The third kappa shape index (κ3) is 5.58. The number of aromatic nitrogens is 2. The quantitative estimate of drug-likeness (QED) is 0.720. The van der Waals surface area contributed by atoms with E-state index in [9.17, 15) is 4.79 Å². The molecule has 1 aromatic carbocycles. The summed E-state index contributed by atoms with van der Waals surface area (Å²) in [6.45, 7) is 0. The molecule has 2 aromatic rings. The van der Waals surface area contributed by atoms with Crippen molar-refractivity contribution >= 4 is 17.5 Å². The molecule has 3 rings (SSSR count). The van der Waals surface area contributed by atoms with E-state index in [-0.39, 0.29) is 5.91 Å². The Morgan fingerprint density at radius 2 is 1.71 bits per heavy atom. The highest BCUT2D eigenvalue weighted by atomic mass is 16.5. The zero-order chi connectivity index (χ0) is 19.8. The van der Waals surface area contributed by atoms with E-state index in [4.69, 9.17) is 9.47 Å². The van der Waals surface area contributed by atoms with E-state index in [1.807, 2.05) is 24.3 Å². The molecule has 28 heavy (non-hydrogen) atoms. The maximum absolute atomic E-state index is 12.2. The summed E-state index contributed by atoms with van der Waals surface area (Å²) in [6.07, 6.45) is 7.14. The Morgan fingerprint density at radius 1 is 1.00 bits per heavy atom.